The molecule has 0 aliphatic carbocycles. The van der Waals surface area contributed by atoms with Gasteiger partial charge in [-0.15, -0.1) is 0 Å². The molecule has 1 aromatic carbocycles. The van der Waals surface area contributed by atoms with E-state index in [1.165, 1.54) is 6.92 Å². The molecule has 1 aromatic rings. The number of nitrogens with zero attached hydrogens (tertiary/aromatic N) is 2. The van der Waals surface area contributed by atoms with Gasteiger partial charge in [0, 0.05) is 44.0 Å². The first-order chi connectivity index (χ1) is 11.4. The van der Waals surface area contributed by atoms with Gasteiger partial charge in [0.1, 0.15) is 5.78 Å². The van der Waals surface area contributed by atoms with Crippen molar-refractivity contribution < 1.29 is 14.4 Å². The van der Waals surface area contributed by atoms with E-state index in [-0.39, 0.29) is 30.4 Å². The molecule has 0 bridgehead atoms. The molecule has 24 heavy (non-hydrogen) atoms. The highest BCUT2D eigenvalue weighted by atomic mass is 35.5. The lowest BCUT2D eigenvalue weighted by Gasteiger charge is -2.22. The number of carbonyl (C=O) groups is 3. The van der Waals surface area contributed by atoms with Crippen LogP contribution in [0.3, 0.4) is 0 Å². The van der Waals surface area contributed by atoms with Crippen molar-refractivity contribution in [3.05, 3.63) is 33.8 Å². The lowest BCUT2D eigenvalue weighted by Crippen LogP contribution is -2.37. The summed E-state index contributed by atoms with van der Waals surface area (Å²) in [5.41, 5.74) is 0.375. The Morgan fingerprint density at radius 3 is 2.38 bits per heavy atom. The molecule has 1 heterocycles. The van der Waals surface area contributed by atoms with Gasteiger partial charge in [0.15, 0.2) is 0 Å². The second-order valence-electron chi connectivity index (χ2n) is 5.85. The van der Waals surface area contributed by atoms with Crippen molar-refractivity contribution in [2.45, 2.75) is 26.2 Å². The molecule has 1 saturated heterocycles. The summed E-state index contributed by atoms with van der Waals surface area (Å²) in [6.07, 6.45) is 1.18. The highest BCUT2D eigenvalue weighted by Crippen LogP contribution is 2.22. The van der Waals surface area contributed by atoms with Crippen LogP contribution < -0.4 is 0 Å². The number of rotatable bonds is 4. The molecule has 1 fully saturated rings. The Balaban J connectivity index is 2.00. The largest absolute Gasteiger partial charge is 0.341 e. The van der Waals surface area contributed by atoms with E-state index in [1.54, 1.807) is 28.0 Å². The third-order valence-electron chi connectivity index (χ3n) is 3.99. The van der Waals surface area contributed by atoms with Gasteiger partial charge in [0.05, 0.1) is 10.6 Å². The number of carbonyl (C=O) groups excluding carboxylic acids is 3. The Labute approximate surface area is 151 Å². The number of Topliss-reactive ketones (excluding diaryl/α,β-unsaturated/α-hetero) is 1. The van der Waals surface area contributed by atoms with E-state index < -0.39 is 0 Å². The Morgan fingerprint density at radius 1 is 1.00 bits per heavy atom. The third kappa shape index (κ3) is 4.95. The van der Waals surface area contributed by atoms with Crippen LogP contribution in [0.25, 0.3) is 0 Å². The molecule has 0 saturated carbocycles. The molecule has 0 aromatic heterocycles. The number of benzene rings is 1. The molecule has 130 valence electrons. The lowest BCUT2D eigenvalue weighted by atomic mass is 10.2. The van der Waals surface area contributed by atoms with Gasteiger partial charge in [-0.05, 0) is 31.5 Å². The van der Waals surface area contributed by atoms with Crippen LogP contribution in [-0.2, 0) is 9.59 Å². The van der Waals surface area contributed by atoms with Crippen molar-refractivity contribution in [1.82, 2.24) is 9.80 Å². The maximum Gasteiger partial charge on any atom is 0.255 e. The average molecular weight is 371 g/mol. The Bertz CT molecular complexity index is 649. The van der Waals surface area contributed by atoms with Crippen LogP contribution >= 0.6 is 23.2 Å². The van der Waals surface area contributed by atoms with E-state index in [0.29, 0.717) is 48.2 Å². The summed E-state index contributed by atoms with van der Waals surface area (Å²) >= 11 is 12.0. The zero-order chi connectivity index (χ0) is 17.7. The Kier molecular flexibility index (Phi) is 6.63. The predicted octanol–water partition coefficient (Wildman–Crippen LogP) is 3.04. The first kappa shape index (κ1) is 18.7. The normalized spacial score (nSPS) is 15.1. The molecule has 5 nitrogen and oxygen atoms in total. The summed E-state index contributed by atoms with van der Waals surface area (Å²) in [5, 5.41) is 0.821. The molecule has 0 spiro atoms. The number of hydrogen-bond acceptors (Lipinski definition) is 3. The van der Waals surface area contributed by atoms with Crippen LogP contribution in [0.15, 0.2) is 18.2 Å². The smallest absolute Gasteiger partial charge is 0.255 e. The zero-order valence-corrected chi connectivity index (χ0v) is 15.1. The van der Waals surface area contributed by atoms with Gasteiger partial charge in [0.2, 0.25) is 5.91 Å². The standard InChI is InChI=1S/C17H20Cl2N2O3/c1-12(22)3-6-16(23)20-7-2-8-21(10-9-20)17(24)14-11-13(18)4-5-15(14)19/h4-5,11H,2-3,6-10H2,1H3. The molecule has 2 rings (SSSR count). The van der Waals surface area contributed by atoms with Gasteiger partial charge in [-0.1, -0.05) is 23.2 Å². The molecule has 0 unspecified atom stereocenters. The molecule has 0 radical (unpaired) electrons. The highest BCUT2D eigenvalue weighted by molar-refractivity contribution is 6.35. The van der Waals surface area contributed by atoms with Crippen LogP contribution in [0.2, 0.25) is 10.0 Å². The summed E-state index contributed by atoms with van der Waals surface area (Å²) in [4.78, 5) is 39.2. The fourth-order valence-electron chi connectivity index (χ4n) is 2.64. The van der Waals surface area contributed by atoms with Crippen LogP contribution in [0.5, 0.6) is 0 Å². The van der Waals surface area contributed by atoms with E-state index in [2.05, 4.69) is 0 Å². The van der Waals surface area contributed by atoms with Crippen molar-refractivity contribution >= 4 is 40.8 Å². The number of ketones is 1. The van der Waals surface area contributed by atoms with Crippen LogP contribution in [0.4, 0.5) is 0 Å². The van der Waals surface area contributed by atoms with Gasteiger partial charge >= 0.3 is 0 Å². The van der Waals surface area contributed by atoms with Crippen LogP contribution in [0.1, 0.15) is 36.5 Å². The van der Waals surface area contributed by atoms with Gasteiger partial charge in [0.25, 0.3) is 5.91 Å². The van der Waals surface area contributed by atoms with Crippen molar-refractivity contribution in [3.63, 3.8) is 0 Å². The molecular weight excluding hydrogens is 351 g/mol. The average Bonchev–Trinajstić information content (AvgIpc) is 2.80. The monoisotopic (exact) mass is 370 g/mol. The predicted molar refractivity (Wildman–Crippen MR) is 93.5 cm³/mol. The van der Waals surface area contributed by atoms with Crippen molar-refractivity contribution in [2.24, 2.45) is 0 Å². The minimum atomic E-state index is -0.180. The van der Waals surface area contributed by atoms with Crippen molar-refractivity contribution in [1.29, 1.82) is 0 Å². The summed E-state index contributed by atoms with van der Waals surface area (Å²) in [7, 11) is 0. The molecule has 1 aliphatic rings. The minimum Gasteiger partial charge on any atom is -0.341 e. The second-order valence-corrected chi connectivity index (χ2v) is 6.70. The molecule has 0 N–H and O–H groups in total. The zero-order valence-electron chi connectivity index (χ0n) is 13.6. The van der Waals surface area contributed by atoms with Crippen molar-refractivity contribution in [3.8, 4) is 0 Å². The third-order valence-corrected chi connectivity index (χ3v) is 4.55. The van der Waals surface area contributed by atoms with Gasteiger partial charge in [-0.25, -0.2) is 0 Å². The minimum absolute atomic E-state index is 0.00516. The Morgan fingerprint density at radius 2 is 1.67 bits per heavy atom. The number of hydrogen-bond donors (Lipinski definition) is 0. The summed E-state index contributed by atoms with van der Waals surface area (Å²) in [6.45, 7) is 3.51. The fraction of sp³-hybridized carbons (Fsp3) is 0.471. The first-order valence-corrected chi connectivity index (χ1v) is 8.65. The molecule has 1 aliphatic heterocycles. The molecule has 0 atom stereocenters. The van der Waals surface area contributed by atoms with Crippen LogP contribution in [-0.4, -0.2) is 53.6 Å². The number of amides is 2. The summed E-state index contributed by atoms with van der Waals surface area (Å²) < 4.78 is 0. The number of halogens is 2. The summed E-state index contributed by atoms with van der Waals surface area (Å²) in [5.74, 6) is -0.216. The van der Waals surface area contributed by atoms with E-state index in [4.69, 9.17) is 23.2 Å². The fourth-order valence-corrected chi connectivity index (χ4v) is 3.01. The maximum atomic E-state index is 12.7. The van der Waals surface area contributed by atoms with E-state index in [0.717, 1.165) is 0 Å². The quantitative estimate of drug-likeness (QED) is 0.818. The highest BCUT2D eigenvalue weighted by Gasteiger charge is 2.24. The molecule has 2 amide bonds. The van der Waals surface area contributed by atoms with E-state index in [1.807, 2.05) is 0 Å². The van der Waals surface area contributed by atoms with E-state index in [9.17, 15) is 14.4 Å². The first-order valence-electron chi connectivity index (χ1n) is 7.90. The molecule has 7 heteroatoms. The second kappa shape index (κ2) is 8.49. The molecular formula is C17H20Cl2N2O3. The van der Waals surface area contributed by atoms with Crippen LogP contribution in [0, 0.1) is 0 Å². The SMILES string of the molecule is CC(=O)CCC(=O)N1CCCN(C(=O)c2cc(Cl)ccc2Cl)CC1. The van der Waals surface area contributed by atoms with Gasteiger partial charge in [-0.2, -0.15) is 0 Å². The van der Waals surface area contributed by atoms with Gasteiger partial charge < -0.3 is 14.6 Å². The lowest BCUT2D eigenvalue weighted by molar-refractivity contribution is -0.132. The Hall–Kier alpha value is -1.59. The maximum absolute atomic E-state index is 12.7. The van der Waals surface area contributed by atoms with Crippen molar-refractivity contribution in [2.75, 3.05) is 26.2 Å². The van der Waals surface area contributed by atoms with Gasteiger partial charge in [-0.3, -0.25) is 9.59 Å². The summed E-state index contributed by atoms with van der Waals surface area (Å²) in [6, 6.07) is 4.80. The topological polar surface area (TPSA) is 57.7 Å². The van der Waals surface area contributed by atoms with E-state index >= 15 is 0 Å².